The summed E-state index contributed by atoms with van der Waals surface area (Å²) in [6.07, 6.45) is 5.35. The summed E-state index contributed by atoms with van der Waals surface area (Å²) in [7, 11) is 0. The number of nitrogens with zero attached hydrogens (tertiary/aromatic N) is 2. The van der Waals surface area contributed by atoms with Gasteiger partial charge < -0.3 is 0 Å². The molecule has 0 saturated heterocycles. The second-order valence-electron chi connectivity index (χ2n) is 1.26. The van der Waals surface area contributed by atoms with Crippen molar-refractivity contribution in [2.24, 2.45) is 0 Å². The molecule has 0 amide bonds. The molecule has 0 saturated carbocycles. The van der Waals surface area contributed by atoms with E-state index in [4.69, 9.17) is 0 Å². The predicted molar refractivity (Wildman–Crippen MR) is 35.6 cm³/mol. The normalized spacial score (nSPS) is 7.56. The third kappa shape index (κ3) is 2.77. The summed E-state index contributed by atoms with van der Waals surface area (Å²) in [4.78, 5) is 17.5. The molecule has 48 valence electrons. The highest BCUT2D eigenvalue weighted by molar-refractivity contribution is 5.85. The van der Waals surface area contributed by atoms with Gasteiger partial charge in [0.1, 0.15) is 0 Å². The Labute approximate surface area is 58.2 Å². The first-order valence-corrected chi connectivity index (χ1v) is 2.15. The summed E-state index contributed by atoms with van der Waals surface area (Å²) < 4.78 is 0. The van der Waals surface area contributed by atoms with Crippen LogP contribution in [0.25, 0.3) is 0 Å². The lowest BCUT2D eigenvalue weighted by Crippen LogP contribution is -1.91. The maximum atomic E-state index is 10.3. The Kier molecular flexibility index (Phi) is 3.55. The minimum atomic E-state index is -0.171. The summed E-state index contributed by atoms with van der Waals surface area (Å²) in [5.74, 6) is 0. The maximum Gasteiger partial charge on any atom is 0.214 e. The van der Waals surface area contributed by atoms with Crippen LogP contribution in [0.1, 0.15) is 0 Å². The van der Waals surface area contributed by atoms with Gasteiger partial charge in [-0.05, 0) is 0 Å². The number of aromatic nitrogens is 2. The molecule has 0 atom stereocenters. The third-order valence-electron chi connectivity index (χ3n) is 0.642. The van der Waals surface area contributed by atoms with Crippen molar-refractivity contribution in [3.05, 3.63) is 35.0 Å². The van der Waals surface area contributed by atoms with Crippen LogP contribution in [0.4, 0.5) is 0 Å². The Morgan fingerprint density at radius 1 is 1.11 bits per heavy atom. The van der Waals surface area contributed by atoms with Crippen LogP contribution in [0.15, 0.2) is 29.6 Å². The zero-order chi connectivity index (χ0) is 5.82. The van der Waals surface area contributed by atoms with Crippen molar-refractivity contribution >= 4 is 12.4 Å². The molecule has 0 unspecified atom stereocenters. The number of rotatable bonds is 0. The van der Waals surface area contributed by atoms with Gasteiger partial charge in [0.05, 0.1) is 12.4 Å². The minimum absolute atomic E-state index is 0. The molecule has 0 spiro atoms. The molecule has 0 aliphatic heterocycles. The molecule has 1 aromatic rings. The standard InChI is InChI=1S/C5H4N2O.ClH/c8-5-3-6-1-2-7-4-5;/h1-4H;1H. The van der Waals surface area contributed by atoms with Gasteiger partial charge in [-0.2, -0.15) is 0 Å². The molecule has 0 aliphatic rings. The van der Waals surface area contributed by atoms with E-state index in [2.05, 4.69) is 9.97 Å². The van der Waals surface area contributed by atoms with E-state index in [1.807, 2.05) is 0 Å². The second-order valence-corrected chi connectivity index (χ2v) is 1.26. The summed E-state index contributed by atoms with van der Waals surface area (Å²) in [5, 5.41) is 0. The number of hydrogen-bond donors (Lipinski definition) is 0. The fourth-order valence-corrected chi connectivity index (χ4v) is 0.343. The lowest BCUT2D eigenvalue weighted by atomic mass is 10.7. The van der Waals surface area contributed by atoms with Gasteiger partial charge in [-0.1, -0.05) is 0 Å². The fraction of sp³-hybridized carbons (Fsp3) is 0. The van der Waals surface area contributed by atoms with Crippen molar-refractivity contribution in [3.8, 4) is 0 Å². The molecule has 0 aliphatic carbocycles. The van der Waals surface area contributed by atoms with Gasteiger partial charge in [0, 0.05) is 12.4 Å². The fourth-order valence-electron chi connectivity index (χ4n) is 0.343. The van der Waals surface area contributed by atoms with E-state index in [0.717, 1.165) is 0 Å². The first kappa shape index (κ1) is 8.04. The molecule has 1 aromatic heterocycles. The first-order chi connectivity index (χ1) is 3.89. The van der Waals surface area contributed by atoms with Gasteiger partial charge in [0.25, 0.3) is 0 Å². The van der Waals surface area contributed by atoms with E-state index < -0.39 is 0 Å². The highest BCUT2D eigenvalue weighted by Gasteiger charge is 1.71. The molecule has 9 heavy (non-hydrogen) atoms. The van der Waals surface area contributed by atoms with E-state index in [1.54, 1.807) is 0 Å². The van der Waals surface area contributed by atoms with Crippen LogP contribution in [-0.4, -0.2) is 9.97 Å². The quantitative estimate of drug-likeness (QED) is 0.525. The second kappa shape index (κ2) is 3.97. The molecule has 0 radical (unpaired) electrons. The smallest absolute Gasteiger partial charge is 0.214 e. The van der Waals surface area contributed by atoms with E-state index >= 15 is 0 Å². The molecule has 1 heterocycles. The molecule has 0 bridgehead atoms. The Bertz CT molecular complexity index is 206. The van der Waals surface area contributed by atoms with Crippen molar-refractivity contribution in [1.29, 1.82) is 0 Å². The van der Waals surface area contributed by atoms with Crippen molar-refractivity contribution < 1.29 is 0 Å². The maximum absolute atomic E-state index is 10.3. The van der Waals surface area contributed by atoms with Crippen molar-refractivity contribution in [3.63, 3.8) is 0 Å². The molecule has 0 fully saturated rings. The van der Waals surface area contributed by atoms with Gasteiger partial charge in [0.15, 0.2) is 0 Å². The topological polar surface area (TPSA) is 42.9 Å². The van der Waals surface area contributed by atoms with Crippen molar-refractivity contribution in [2.75, 3.05) is 0 Å². The van der Waals surface area contributed by atoms with E-state index in [-0.39, 0.29) is 17.8 Å². The highest BCUT2D eigenvalue weighted by Crippen LogP contribution is 1.60. The Morgan fingerprint density at radius 2 is 1.56 bits per heavy atom. The Balaban J connectivity index is 0.000000640. The molecule has 0 aromatic carbocycles. The summed E-state index contributed by atoms with van der Waals surface area (Å²) in [5.41, 5.74) is -0.171. The van der Waals surface area contributed by atoms with Gasteiger partial charge in [-0.15, -0.1) is 12.4 Å². The van der Waals surface area contributed by atoms with Crippen molar-refractivity contribution in [2.45, 2.75) is 0 Å². The minimum Gasteiger partial charge on any atom is -0.286 e. The van der Waals surface area contributed by atoms with Crippen LogP contribution in [0.5, 0.6) is 0 Å². The highest BCUT2D eigenvalue weighted by atomic mass is 35.5. The molecule has 1 rings (SSSR count). The van der Waals surface area contributed by atoms with Crippen LogP contribution in [0.3, 0.4) is 0 Å². The van der Waals surface area contributed by atoms with Crippen LogP contribution in [-0.2, 0) is 0 Å². The van der Waals surface area contributed by atoms with Crippen LogP contribution >= 0.6 is 12.4 Å². The third-order valence-corrected chi connectivity index (χ3v) is 0.642. The number of halogens is 1. The molecule has 0 N–H and O–H groups in total. The molecular weight excluding hydrogens is 140 g/mol. The largest absolute Gasteiger partial charge is 0.286 e. The van der Waals surface area contributed by atoms with Crippen molar-refractivity contribution in [1.82, 2.24) is 9.97 Å². The first-order valence-electron chi connectivity index (χ1n) is 2.15. The van der Waals surface area contributed by atoms with Gasteiger partial charge in [-0.3, -0.25) is 14.8 Å². The SMILES string of the molecule is Cl.O=c1cnccnc1. The van der Waals surface area contributed by atoms with E-state index in [9.17, 15) is 4.79 Å². The van der Waals surface area contributed by atoms with Crippen LogP contribution < -0.4 is 5.43 Å². The van der Waals surface area contributed by atoms with Crippen LogP contribution in [0, 0.1) is 0 Å². The predicted octanol–water partition coefficient (Wildman–Crippen LogP) is 0.259. The zero-order valence-electron chi connectivity index (χ0n) is 4.52. The van der Waals surface area contributed by atoms with Gasteiger partial charge in [0.2, 0.25) is 5.43 Å². The lowest BCUT2D eigenvalue weighted by Gasteiger charge is -1.55. The Morgan fingerprint density at radius 3 is 2.00 bits per heavy atom. The van der Waals surface area contributed by atoms with Crippen LogP contribution in [0.2, 0.25) is 0 Å². The average Bonchev–Trinajstić information content (AvgIpc) is 1.94. The van der Waals surface area contributed by atoms with E-state index in [0.29, 0.717) is 0 Å². The lowest BCUT2D eigenvalue weighted by molar-refractivity contribution is 1.32. The molecule has 4 heteroatoms. The number of hydrogen-bond acceptors (Lipinski definition) is 3. The monoisotopic (exact) mass is 144 g/mol. The van der Waals surface area contributed by atoms with Gasteiger partial charge in [-0.25, -0.2) is 0 Å². The Hall–Kier alpha value is -0.960. The molecular formula is C5H5ClN2O. The van der Waals surface area contributed by atoms with E-state index in [1.165, 1.54) is 24.8 Å². The summed E-state index contributed by atoms with van der Waals surface area (Å²) in [6, 6.07) is 0. The molecule has 3 nitrogen and oxygen atoms in total. The summed E-state index contributed by atoms with van der Waals surface area (Å²) >= 11 is 0. The van der Waals surface area contributed by atoms with Gasteiger partial charge >= 0.3 is 0 Å². The summed E-state index contributed by atoms with van der Waals surface area (Å²) in [6.45, 7) is 0. The zero-order valence-corrected chi connectivity index (χ0v) is 5.34. The average molecular weight is 145 g/mol.